The van der Waals surface area contributed by atoms with Gasteiger partial charge in [-0.1, -0.05) is 12.1 Å². The minimum Gasteiger partial charge on any atom is -0.341 e. The van der Waals surface area contributed by atoms with Gasteiger partial charge in [0.15, 0.2) is 5.65 Å². The zero-order chi connectivity index (χ0) is 13.9. The lowest BCUT2D eigenvalue weighted by Gasteiger charge is -2.11. The standard InChI is InChI=1S/C13H12FN5S/c14-9-3-1-8(2-4-9)10(15)5-20-13-11-12(17-6-16-11)18-7-19-13/h1-4,6-7,10H,5,15H2,(H,16,17,18,19). The van der Waals surface area contributed by atoms with Crippen molar-refractivity contribution in [2.75, 3.05) is 5.75 Å². The number of hydrogen-bond acceptors (Lipinski definition) is 5. The highest BCUT2D eigenvalue weighted by molar-refractivity contribution is 7.99. The van der Waals surface area contributed by atoms with E-state index in [9.17, 15) is 4.39 Å². The van der Waals surface area contributed by atoms with Crippen LogP contribution in [0.5, 0.6) is 0 Å². The van der Waals surface area contributed by atoms with Crippen molar-refractivity contribution in [2.24, 2.45) is 5.73 Å². The molecule has 3 N–H and O–H groups in total. The minimum atomic E-state index is -0.261. The second-order valence-electron chi connectivity index (χ2n) is 4.25. The Morgan fingerprint density at radius 1 is 1.20 bits per heavy atom. The molecule has 1 unspecified atom stereocenters. The van der Waals surface area contributed by atoms with Crippen LogP contribution in [0.2, 0.25) is 0 Å². The predicted octanol–water partition coefficient (Wildman–Crippen LogP) is 2.28. The molecule has 0 saturated heterocycles. The van der Waals surface area contributed by atoms with Gasteiger partial charge < -0.3 is 10.7 Å². The molecule has 3 aromatic rings. The summed E-state index contributed by atoms with van der Waals surface area (Å²) in [6.45, 7) is 0. The second-order valence-corrected chi connectivity index (χ2v) is 5.26. The number of nitrogens with one attached hydrogen (secondary N) is 1. The van der Waals surface area contributed by atoms with E-state index < -0.39 is 0 Å². The molecule has 7 heteroatoms. The summed E-state index contributed by atoms with van der Waals surface area (Å²) in [6, 6.07) is 6.04. The third-order valence-corrected chi connectivity index (χ3v) is 3.99. The van der Waals surface area contributed by atoms with Crippen LogP contribution in [0.25, 0.3) is 11.2 Å². The van der Waals surface area contributed by atoms with E-state index in [1.54, 1.807) is 18.5 Å². The Morgan fingerprint density at radius 2 is 2.00 bits per heavy atom. The van der Waals surface area contributed by atoms with Gasteiger partial charge in [-0.25, -0.2) is 19.3 Å². The van der Waals surface area contributed by atoms with Gasteiger partial charge in [0.25, 0.3) is 0 Å². The summed E-state index contributed by atoms with van der Waals surface area (Å²) in [4.78, 5) is 15.4. The third-order valence-electron chi connectivity index (χ3n) is 2.89. The highest BCUT2D eigenvalue weighted by atomic mass is 32.2. The van der Waals surface area contributed by atoms with Crippen LogP contribution in [-0.2, 0) is 0 Å². The summed E-state index contributed by atoms with van der Waals surface area (Å²) in [5.74, 6) is 0.375. The number of benzene rings is 1. The molecule has 0 saturated carbocycles. The molecule has 0 amide bonds. The lowest BCUT2D eigenvalue weighted by Crippen LogP contribution is -2.13. The van der Waals surface area contributed by atoms with Crippen LogP contribution in [0.3, 0.4) is 0 Å². The largest absolute Gasteiger partial charge is 0.341 e. The van der Waals surface area contributed by atoms with E-state index in [1.807, 2.05) is 0 Å². The minimum absolute atomic E-state index is 0.187. The molecule has 1 aromatic carbocycles. The number of rotatable bonds is 4. The van der Waals surface area contributed by atoms with Crippen LogP contribution in [0, 0.1) is 5.82 Å². The summed E-state index contributed by atoms with van der Waals surface area (Å²) < 4.78 is 12.9. The van der Waals surface area contributed by atoms with Crippen LogP contribution in [0.1, 0.15) is 11.6 Å². The van der Waals surface area contributed by atoms with Gasteiger partial charge in [0.2, 0.25) is 0 Å². The Hall–Kier alpha value is -1.99. The number of aromatic nitrogens is 4. The molecule has 2 heterocycles. The van der Waals surface area contributed by atoms with Crippen molar-refractivity contribution >= 4 is 22.9 Å². The first-order valence-electron chi connectivity index (χ1n) is 6.02. The molecule has 0 bridgehead atoms. The summed E-state index contributed by atoms with van der Waals surface area (Å²) in [7, 11) is 0. The predicted molar refractivity (Wildman–Crippen MR) is 75.7 cm³/mol. The lowest BCUT2D eigenvalue weighted by atomic mass is 10.1. The van der Waals surface area contributed by atoms with E-state index in [4.69, 9.17) is 5.73 Å². The fraction of sp³-hybridized carbons (Fsp3) is 0.154. The van der Waals surface area contributed by atoms with Crippen LogP contribution >= 0.6 is 11.8 Å². The van der Waals surface area contributed by atoms with Gasteiger partial charge in [-0.2, -0.15) is 0 Å². The monoisotopic (exact) mass is 289 g/mol. The molecule has 0 spiro atoms. The Kier molecular flexibility index (Phi) is 3.62. The molecular weight excluding hydrogens is 277 g/mol. The molecule has 102 valence electrons. The third kappa shape index (κ3) is 2.63. The fourth-order valence-electron chi connectivity index (χ4n) is 1.83. The smallest absolute Gasteiger partial charge is 0.181 e. The summed E-state index contributed by atoms with van der Waals surface area (Å²) in [5, 5.41) is 0.810. The number of halogens is 1. The average Bonchev–Trinajstić information content (AvgIpc) is 2.94. The molecule has 5 nitrogen and oxygen atoms in total. The first kappa shape index (κ1) is 13.0. The first-order chi connectivity index (χ1) is 9.74. The number of hydrogen-bond donors (Lipinski definition) is 2. The Bertz CT molecular complexity index is 712. The van der Waals surface area contributed by atoms with Crippen molar-refractivity contribution in [3.05, 3.63) is 48.3 Å². The number of imidazole rings is 1. The highest BCUT2D eigenvalue weighted by Gasteiger charge is 2.11. The quantitative estimate of drug-likeness (QED) is 0.569. The van der Waals surface area contributed by atoms with Gasteiger partial charge in [0, 0.05) is 11.8 Å². The number of H-pyrrole nitrogens is 1. The van der Waals surface area contributed by atoms with Crippen molar-refractivity contribution < 1.29 is 4.39 Å². The van der Waals surface area contributed by atoms with E-state index in [-0.39, 0.29) is 11.9 Å². The van der Waals surface area contributed by atoms with Gasteiger partial charge in [0.1, 0.15) is 22.7 Å². The summed E-state index contributed by atoms with van der Waals surface area (Å²) in [5.41, 5.74) is 8.44. The lowest BCUT2D eigenvalue weighted by molar-refractivity contribution is 0.626. The second kappa shape index (κ2) is 5.56. The maximum atomic E-state index is 12.9. The number of nitrogens with zero attached hydrogens (tertiary/aromatic N) is 3. The Labute approximate surface area is 118 Å². The van der Waals surface area contributed by atoms with E-state index in [0.29, 0.717) is 11.4 Å². The average molecular weight is 289 g/mol. The molecular formula is C13H12FN5S. The van der Waals surface area contributed by atoms with Crippen molar-refractivity contribution in [1.29, 1.82) is 0 Å². The molecule has 3 rings (SSSR count). The number of thioether (sulfide) groups is 1. The van der Waals surface area contributed by atoms with Gasteiger partial charge in [-0.15, -0.1) is 11.8 Å². The maximum Gasteiger partial charge on any atom is 0.181 e. The van der Waals surface area contributed by atoms with Crippen molar-refractivity contribution in [2.45, 2.75) is 11.1 Å². The zero-order valence-electron chi connectivity index (χ0n) is 10.5. The Morgan fingerprint density at radius 3 is 2.80 bits per heavy atom. The van der Waals surface area contributed by atoms with E-state index in [0.717, 1.165) is 16.1 Å². The van der Waals surface area contributed by atoms with Gasteiger partial charge >= 0.3 is 0 Å². The molecule has 0 fully saturated rings. The molecule has 0 radical (unpaired) electrons. The molecule has 20 heavy (non-hydrogen) atoms. The van der Waals surface area contributed by atoms with Crippen molar-refractivity contribution in [1.82, 2.24) is 19.9 Å². The van der Waals surface area contributed by atoms with Crippen LogP contribution < -0.4 is 5.73 Å². The molecule has 1 atom stereocenters. The zero-order valence-corrected chi connectivity index (χ0v) is 11.3. The topological polar surface area (TPSA) is 80.5 Å². The summed E-state index contributed by atoms with van der Waals surface area (Å²) >= 11 is 1.52. The normalized spacial score (nSPS) is 12.7. The Balaban J connectivity index is 1.73. The SMILES string of the molecule is NC(CSc1ncnc2nc[nH]c12)c1ccc(F)cc1. The molecule has 0 aliphatic heterocycles. The van der Waals surface area contributed by atoms with Crippen LogP contribution in [-0.4, -0.2) is 25.7 Å². The number of fused-ring (bicyclic) bond motifs is 1. The van der Waals surface area contributed by atoms with Gasteiger partial charge in [-0.05, 0) is 17.7 Å². The number of aromatic amines is 1. The van der Waals surface area contributed by atoms with E-state index in [1.165, 1.54) is 30.2 Å². The van der Waals surface area contributed by atoms with Crippen molar-refractivity contribution in [3.63, 3.8) is 0 Å². The maximum absolute atomic E-state index is 12.9. The number of nitrogens with two attached hydrogens (primary N) is 1. The van der Waals surface area contributed by atoms with E-state index in [2.05, 4.69) is 19.9 Å². The van der Waals surface area contributed by atoms with Gasteiger partial charge in [0.05, 0.1) is 6.33 Å². The highest BCUT2D eigenvalue weighted by Crippen LogP contribution is 2.25. The van der Waals surface area contributed by atoms with Crippen LogP contribution in [0.4, 0.5) is 4.39 Å². The molecule has 0 aliphatic rings. The summed E-state index contributed by atoms with van der Waals surface area (Å²) in [6.07, 6.45) is 3.07. The first-order valence-corrected chi connectivity index (χ1v) is 7.00. The van der Waals surface area contributed by atoms with Gasteiger partial charge in [-0.3, -0.25) is 0 Å². The van der Waals surface area contributed by atoms with Crippen molar-refractivity contribution in [3.8, 4) is 0 Å². The fourth-order valence-corrected chi connectivity index (χ4v) is 2.77. The molecule has 2 aromatic heterocycles. The van der Waals surface area contributed by atoms with E-state index >= 15 is 0 Å². The van der Waals surface area contributed by atoms with Crippen LogP contribution in [0.15, 0.2) is 41.9 Å². The molecule has 0 aliphatic carbocycles.